The summed E-state index contributed by atoms with van der Waals surface area (Å²) in [5, 5.41) is 1.98. The summed E-state index contributed by atoms with van der Waals surface area (Å²) in [5.41, 5.74) is 5.20. The molecular weight excluding hydrogens is 357 g/mol. The number of imide groups is 1. The lowest BCUT2D eigenvalue weighted by Crippen LogP contribution is -2.53. The van der Waals surface area contributed by atoms with E-state index >= 15 is 0 Å². The van der Waals surface area contributed by atoms with Gasteiger partial charge in [-0.25, -0.2) is 12.8 Å². The second-order valence-corrected chi connectivity index (χ2v) is 6.81. The van der Waals surface area contributed by atoms with Gasteiger partial charge in [-0.2, -0.15) is 4.31 Å². The highest BCUT2D eigenvalue weighted by atomic mass is 79.9. The first-order chi connectivity index (χ1) is 9.21. The van der Waals surface area contributed by atoms with Gasteiger partial charge in [-0.1, -0.05) is 0 Å². The van der Waals surface area contributed by atoms with Gasteiger partial charge in [0.15, 0.2) is 0 Å². The second-order valence-electron chi connectivity index (χ2n) is 4.05. The quantitative estimate of drug-likeness (QED) is 0.557. The van der Waals surface area contributed by atoms with Gasteiger partial charge < -0.3 is 5.73 Å². The molecule has 7 nitrogen and oxygen atoms in total. The van der Waals surface area contributed by atoms with Crippen LogP contribution in [0.4, 0.5) is 10.1 Å². The van der Waals surface area contributed by atoms with Crippen LogP contribution in [0.5, 0.6) is 0 Å². The van der Waals surface area contributed by atoms with Crippen LogP contribution in [0, 0.1) is 5.82 Å². The molecule has 0 saturated carbocycles. The fraction of sp³-hybridized carbons (Fsp3) is 0.200. The molecule has 0 aliphatic carbocycles. The van der Waals surface area contributed by atoms with E-state index < -0.39 is 40.7 Å². The van der Waals surface area contributed by atoms with Gasteiger partial charge in [-0.15, -0.1) is 0 Å². The number of carbonyl (C=O) groups excluding carboxylic acids is 2. The summed E-state index contributed by atoms with van der Waals surface area (Å²) in [4.78, 5) is 22.1. The van der Waals surface area contributed by atoms with Gasteiger partial charge in [0.1, 0.15) is 10.7 Å². The van der Waals surface area contributed by atoms with Crippen LogP contribution in [0.1, 0.15) is 0 Å². The number of hydrogen-bond acceptors (Lipinski definition) is 5. The molecule has 0 unspecified atom stereocenters. The molecule has 20 heavy (non-hydrogen) atoms. The number of rotatable bonds is 2. The van der Waals surface area contributed by atoms with Crippen molar-refractivity contribution in [1.82, 2.24) is 9.62 Å². The van der Waals surface area contributed by atoms with E-state index in [2.05, 4.69) is 15.9 Å². The molecule has 3 N–H and O–H groups in total. The van der Waals surface area contributed by atoms with Crippen molar-refractivity contribution >= 4 is 43.5 Å². The Morgan fingerprint density at radius 2 is 1.80 bits per heavy atom. The van der Waals surface area contributed by atoms with Gasteiger partial charge in [-0.3, -0.25) is 14.9 Å². The Hall–Kier alpha value is -1.52. The molecule has 2 amide bonds. The lowest BCUT2D eigenvalue weighted by molar-refractivity contribution is -0.134. The van der Waals surface area contributed by atoms with E-state index in [1.807, 2.05) is 5.32 Å². The number of sulfonamides is 1. The van der Waals surface area contributed by atoms with Gasteiger partial charge in [0, 0.05) is 0 Å². The summed E-state index contributed by atoms with van der Waals surface area (Å²) in [6.45, 7) is -0.995. The van der Waals surface area contributed by atoms with Gasteiger partial charge in [0.25, 0.3) is 0 Å². The first-order valence-electron chi connectivity index (χ1n) is 5.29. The van der Waals surface area contributed by atoms with E-state index in [1.165, 1.54) is 0 Å². The van der Waals surface area contributed by atoms with Crippen LogP contribution in [0.2, 0.25) is 0 Å². The maximum atomic E-state index is 13.3. The van der Waals surface area contributed by atoms with Crippen molar-refractivity contribution in [2.24, 2.45) is 0 Å². The zero-order valence-electron chi connectivity index (χ0n) is 9.89. The predicted molar refractivity (Wildman–Crippen MR) is 70.4 cm³/mol. The molecule has 0 spiro atoms. The average Bonchev–Trinajstić information content (AvgIpc) is 2.32. The Balaban J connectivity index is 2.47. The molecule has 108 valence electrons. The van der Waals surface area contributed by atoms with E-state index in [1.54, 1.807) is 0 Å². The van der Waals surface area contributed by atoms with Crippen molar-refractivity contribution in [3.63, 3.8) is 0 Å². The Morgan fingerprint density at radius 1 is 1.25 bits per heavy atom. The molecule has 1 fully saturated rings. The molecule has 1 aliphatic rings. The Bertz CT molecular complexity index is 691. The highest BCUT2D eigenvalue weighted by Gasteiger charge is 2.34. The molecule has 0 atom stereocenters. The van der Waals surface area contributed by atoms with Gasteiger partial charge in [0.2, 0.25) is 21.8 Å². The zero-order chi connectivity index (χ0) is 15.1. The molecule has 1 aromatic carbocycles. The highest BCUT2D eigenvalue weighted by molar-refractivity contribution is 9.10. The highest BCUT2D eigenvalue weighted by Crippen LogP contribution is 2.28. The minimum atomic E-state index is -4.17. The monoisotopic (exact) mass is 365 g/mol. The minimum absolute atomic E-state index is 0.0851. The predicted octanol–water partition coefficient (Wildman–Crippen LogP) is -0.182. The molecular formula is C10H9BrFN3O4S. The number of nitrogens with one attached hydrogen (secondary N) is 1. The number of halogens is 2. The van der Waals surface area contributed by atoms with Crippen molar-refractivity contribution in [2.75, 3.05) is 18.8 Å². The standard InChI is InChI=1S/C10H9BrFN3O4S/c11-5-1-8(7(13)2-6(5)12)20(18,19)15-3-9(16)14-10(17)4-15/h1-2H,3-4,13H2,(H,14,16,17). The summed E-state index contributed by atoms with van der Waals surface area (Å²) in [7, 11) is -4.17. The van der Waals surface area contributed by atoms with Gasteiger partial charge in [-0.05, 0) is 28.1 Å². The van der Waals surface area contributed by atoms with Crippen LogP contribution in [-0.4, -0.2) is 37.6 Å². The fourth-order valence-electron chi connectivity index (χ4n) is 1.69. The summed E-state index contributed by atoms with van der Waals surface area (Å²) >= 11 is 2.86. The summed E-state index contributed by atoms with van der Waals surface area (Å²) < 4.78 is 38.5. The van der Waals surface area contributed by atoms with E-state index in [0.717, 1.165) is 12.1 Å². The average molecular weight is 366 g/mol. The molecule has 2 rings (SSSR count). The Labute approximate surface area is 122 Å². The van der Waals surface area contributed by atoms with Crippen LogP contribution in [0.15, 0.2) is 21.5 Å². The van der Waals surface area contributed by atoms with E-state index in [0.29, 0.717) is 4.31 Å². The lowest BCUT2D eigenvalue weighted by atomic mass is 10.3. The van der Waals surface area contributed by atoms with Crippen LogP contribution in [-0.2, 0) is 19.6 Å². The molecule has 1 saturated heterocycles. The third-order valence-electron chi connectivity index (χ3n) is 2.59. The van der Waals surface area contributed by atoms with Crippen molar-refractivity contribution in [3.8, 4) is 0 Å². The smallest absolute Gasteiger partial charge is 0.246 e. The molecule has 0 bridgehead atoms. The molecule has 1 heterocycles. The van der Waals surface area contributed by atoms with Crippen molar-refractivity contribution in [1.29, 1.82) is 0 Å². The number of hydrogen-bond donors (Lipinski definition) is 2. The van der Waals surface area contributed by atoms with E-state index in [4.69, 9.17) is 5.73 Å². The normalized spacial score (nSPS) is 17.1. The molecule has 0 radical (unpaired) electrons. The molecule has 10 heteroatoms. The van der Waals surface area contributed by atoms with Crippen LogP contribution >= 0.6 is 15.9 Å². The number of anilines is 1. The number of nitrogen functional groups attached to an aromatic ring is 1. The molecule has 1 aromatic rings. The van der Waals surface area contributed by atoms with Crippen LogP contribution in [0.25, 0.3) is 0 Å². The Morgan fingerprint density at radius 3 is 2.35 bits per heavy atom. The van der Waals surface area contributed by atoms with Crippen molar-refractivity contribution < 1.29 is 22.4 Å². The number of amides is 2. The van der Waals surface area contributed by atoms with Crippen LogP contribution < -0.4 is 11.1 Å². The number of nitrogens with zero attached hydrogens (tertiary/aromatic N) is 1. The van der Waals surface area contributed by atoms with Gasteiger partial charge >= 0.3 is 0 Å². The van der Waals surface area contributed by atoms with Gasteiger partial charge in [0.05, 0.1) is 23.2 Å². The maximum Gasteiger partial charge on any atom is 0.246 e. The number of carbonyl (C=O) groups is 2. The third-order valence-corrected chi connectivity index (χ3v) is 5.04. The summed E-state index contributed by atoms with van der Waals surface area (Å²) in [6.07, 6.45) is 0. The second kappa shape index (κ2) is 5.11. The minimum Gasteiger partial charge on any atom is -0.398 e. The van der Waals surface area contributed by atoms with Crippen molar-refractivity contribution in [2.45, 2.75) is 4.90 Å². The first-order valence-corrected chi connectivity index (χ1v) is 7.52. The Kier molecular flexibility index (Phi) is 3.80. The lowest BCUT2D eigenvalue weighted by Gasteiger charge is -2.25. The first kappa shape index (κ1) is 14.9. The SMILES string of the molecule is Nc1cc(F)c(Br)cc1S(=O)(=O)N1CC(=O)NC(=O)C1. The number of benzene rings is 1. The number of piperazine rings is 1. The molecule has 1 aliphatic heterocycles. The zero-order valence-corrected chi connectivity index (χ0v) is 12.3. The third kappa shape index (κ3) is 2.67. The largest absolute Gasteiger partial charge is 0.398 e. The number of nitrogens with two attached hydrogens (primary N) is 1. The topological polar surface area (TPSA) is 110 Å². The van der Waals surface area contributed by atoms with E-state index in [9.17, 15) is 22.4 Å². The van der Waals surface area contributed by atoms with Crippen LogP contribution in [0.3, 0.4) is 0 Å². The fourth-order valence-corrected chi connectivity index (χ4v) is 3.66. The maximum absolute atomic E-state index is 13.3. The van der Waals surface area contributed by atoms with E-state index in [-0.39, 0.29) is 15.1 Å². The summed E-state index contributed by atoms with van der Waals surface area (Å²) in [6, 6.07) is 1.85. The molecule has 0 aromatic heterocycles. The summed E-state index contributed by atoms with van der Waals surface area (Å²) in [5.74, 6) is -2.18. The van der Waals surface area contributed by atoms with Crippen molar-refractivity contribution in [3.05, 3.63) is 22.4 Å².